The summed E-state index contributed by atoms with van der Waals surface area (Å²) in [6.45, 7) is 8.70. The first-order chi connectivity index (χ1) is 8.11. The monoisotopic (exact) mass is 255 g/mol. The molecule has 0 atom stereocenters. The van der Waals surface area contributed by atoms with E-state index < -0.39 is 0 Å². The maximum Gasteiger partial charge on any atom is 0.127 e. The van der Waals surface area contributed by atoms with Gasteiger partial charge in [-0.2, -0.15) is 11.8 Å². The molecule has 0 aliphatic carbocycles. The second kappa shape index (κ2) is 6.94. The lowest BCUT2D eigenvalue weighted by Gasteiger charge is -2.13. The van der Waals surface area contributed by atoms with Crippen LogP contribution in [0.4, 0.5) is 5.82 Å². The highest BCUT2D eigenvalue weighted by molar-refractivity contribution is 7.99. The third-order valence-corrected chi connectivity index (χ3v) is 3.68. The normalized spacial score (nSPS) is 11.4. The molecule has 1 aromatic rings. The number of rotatable bonds is 7. The number of aromatic nitrogens is 2. The number of nitrogens with two attached hydrogens (primary N) is 1. The Balaban J connectivity index is 2.87. The van der Waals surface area contributed by atoms with Crippen LogP contribution in [0.3, 0.4) is 0 Å². The Labute approximate surface area is 109 Å². The van der Waals surface area contributed by atoms with Crippen LogP contribution in [-0.2, 0) is 12.8 Å². The predicted octanol–water partition coefficient (Wildman–Crippen LogP) is 3.29. The van der Waals surface area contributed by atoms with Crippen molar-refractivity contribution < 1.29 is 0 Å². The molecule has 0 spiro atoms. The van der Waals surface area contributed by atoms with E-state index in [1.807, 2.05) is 11.8 Å². The molecule has 1 heterocycles. The summed E-state index contributed by atoms with van der Waals surface area (Å²) in [6, 6.07) is 0.400. The van der Waals surface area contributed by atoms with Gasteiger partial charge >= 0.3 is 0 Å². The van der Waals surface area contributed by atoms with Gasteiger partial charge in [-0.15, -0.1) is 0 Å². The Morgan fingerprint density at radius 2 is 2.00 bits per heavy atom. The summed E-state index contributed by atoms with van der Waals surface area (Å²) < 4.78 is 2.19. The fourth-order valence-corrected chi connectivity index (χ4v) is 2.64. The second-order valence-electron chi connectivity index (χ2n) is 4.52. The minimum Gasteiger partial charge on any atom is -0.384 e. The lowest BCUT2D eigenvalue weighted by atomic mass is 10.3. The summed E-state index contributed by atoms with van der Waals surface area (Å²) in [5, 5.41) is 0. The number of nitrogens with zero attached hydrogens (tertiary/aromatic N) is 2. The van der Waals surface area contributed by atoms with Crippen molar-refractivity contribution in [3.63, 3.8) is 0 Å². The highest BCUT2D eigenvalue weighted by Gasteiger charge is 2.15. The van der Waals surface area contributed by atoms with Crippen LogP contribution in [0.25, 0.3) is 0 Å². The smallest absolute Gasteiger partial charge is 0.127 e. The molecule has 1 aromatic heterocycles. The minimum absolute atomic E-state index is 0.400. The molecule has 0 radical (unpaired) electrons. The summed E-state index contributed by atoms with van der Waals surface area (Å²) in [5.41, 5.74) is 7.29. The van der Waals surface area contributed by atoms with Crippen LogP contribution in [0.1, 0.15) is 51.7 Å². The van der Waals surface area contributed by atoms with Gasteiger partial charge in [0.25, 0.3) is 0 Å². The van der Waals surface area contributed by atoms with Gasteiger partial charge in [-0.25, -0.2) is 4.98 Å². The Morgan fingerprint density at radius 3 is 2.53 bits per heavy atom. The molecule has 0 saturated carbocycles. The third kappa shape index (κ3) is 3.66. The molecular formula is C13H25N3S. The number of hydrogen-bond acceptors (Lipinski definition) is 3. The van der Waals surface area contributed by atoms with Gasteiger partial charge in [0.05, 0.1) is 5.69 Å². The van der Waals surface area contributed by atoms with Gasteiger partial charge < -0.3 is 10.3 Å². The molecule has 0 amide bonds. The van der Waals surface area contributed by atoms with Crippen LogP contribution in [0, 0.1) is 0 Å². The quantitative estimate of drug-likeness (QED) is 0.760. The average Bonchev–Trinajstić information content (AvgIpc) is 2.56. The molecular weight excluding hydrogens is 230 g/mol. The molecule has 17 heavy (non-hydrogen) atoms. The highest BCUT2D eigenvalue weighted by atomic mass is 32.2. The first kappa shape index (κ1) is 14.4. The van der Waals surface area contributed by atoms with Crippen molar-refractivity contribution in [2.75, 3.05) is 17.2 Å². The van der Waals surface area contributed by atoms with Crippen molar-refractivity contribution in [1.82, 2.24) is 9.55 Å². The van der Waals surface area contributed by atoms with Crippen LogP contribution in [0.15, 0.2) is 0 Å². The Morgan fingerprint density at radius 1 is 1.29 bits per heavy atom. The van der Waals surface area contributed by atoms with Crippen molar-refractivity contribution in [2.45, 2.75) is 53.0 Å². The van der Waals surface area contributed by atoms with Gasteiger partial charge in [-0.05, 0) is 31.8 Å². The van der Waals surface area contributed by atoms with Gasteiger partial charge in [0.2, 0.25) is 0 Å². The predicted molar refractivity (Wildman–Crippen MR) is 77.7 cm³/mol. The van der Waals surface area contributed by atoms with Crippen LogP contribution < -0.4 is 5.73 Å². The summed E-state index contributed by atoms with van der Waals surface area (Å²) in [4.78, 5) is 4.72. The van der Waals surface area contributed by atoms with E-state index in [-0.39, 0.29) is 0 Å². The van der Waals surface area contributed by atoms with Crippen molar-refractivity contribution in [3.05, 3.63) is 11.5 Å². The van der Waals surface area contributed by atoms with Gasteiger partial charge in [-0.1, -0.05) is 13.8 Å². The van der Waals surface area contributed by atoms with Crippen LogP contribution >= 0.6 is 11.8 Å². The number of thioether (sulfide) groups is 1. The SMILES string of the molecule is CCCc1nc(CCSCC)c(N)n1C(C)C. The first-order valence-corrected chi connectivity index (χ1v) is 7.70. The maximum atomic E-state index is 6.21. The van der Waals surface area contributed by atoms with Gasteiger partial charge in [0, 0.05) is 18.9 Å². The zero-order valence-corrected chi connectivity index (χ0v) is 12.3. The molecule has 0 aliphatic rings. The largest absolute Gasteiger partial charge is 0.384 e. The van der Waals surface area contributed by atoms with Gasteiger partial charge in [0.1, 0.15) is 11.6 Å². The number of nitrogen functional groups attached to an aromatic ring is 1. The van der Waals surface area contributed by atoms with Gasteiger partial charge in [0.15, 0.2) is 0 Å². The van der Waals surface area contributed by atoms with Crippen molar-refractivity contribution in [1.29, 1.82) is 0 Å². The topological polar surface area (TPSA) is 43.8 Å². The van der Waals surface area contributed by atoms with E-state index in [4.69, 9.17) is 10.7 Å². The molecule has 1 rings (SSSR count). The molecule has 98 valence electrons. The molecule has 0 fully saturated rings. The summed E-state index contributed by atoms with van der Waals surface area (Å²) in [5.74, 6) is 4.30. The summed E-state index contributed by atoms with van der Waals surface area (Å²) in [6.07, 6.45) is 3.12. The zero-order valence-electron chi connectivity index (χ0n) is 11.5. The minimum atomic E-state index is 0.400. The van der Waals surface area contributed by atoms with Crippen molar-refractivity contribution >= 4 is 17.6 Å². The van der Waals surface area contributed by atoms with Crippen LogP contribution in [0.2, 0.25) is 0 Å². The first-order valence-electron chi connectivity index (χ1n) is 6.54. The average molecular weight is 255 g/mol. The third-order valence-electron chi connectivity index (χ3n) is 2.77. The molecule has 3 nitrogen and oxygen atoms in total. The zero-order chi connectivity index (χ0) is 12.8. The number of aryl methyl sites for hydroxylation is 2. The fourth-order valence-electron chi connectivity index (χ4n) is 2.02. The van der Waals surface area contributed by atoms with E-state index >= 15 is 0 Å². The van der Waals surface area contributed by atoms with Crippen molar-refractivity contribution in [2.24, 2.45) is 0 Å². The Hall–Kier alpha value is -0.640. The van der Waals surface area contributed by atoms with E-state index in [2.05, 4.69) is 32.3 Å². The maximum absolute atomic E-state index is 6.21. The van der Waals surface area contributed by atoms with Crippen LogP contribution in [0.5, 0.6) is 0 Å². The van der Waals surface area contributed by atoms with E-state index in [9.17, 15) is 0 Å². The number of imidazole rings is 1. The standard InChI is InChI=1S/C13H25N3S/c1-5-7-12-15-11(8-9-17-6-2)13(14)16(12)10(3)4/h10H,5-9,14H2,1-4H3. The molecule has 4 heteroatoms. The lowest BCUT2D eigenvalue weighted by molar-refractivity contribution is 0.571. The van der Waals surface area contributed by atoms with E-state index in [1.54, 1.807) is 0 Å². The molecule has 0 aromatic carbocycles. The van der Waals surface area contributed by atoms with Crippen LogP contribution in [-0.4, -0.2) is 21.1 Å². The van der Waals surface area contributed by atoms with Crippen molar-refractivity contribution in [3.8, 4) is 0 Å². The lowest BCUT2D eigenvalue weighted by Crippen LogP contribution is -2.09. The molecule has 0 unspecified atom stereocenters. The van der Waals surface area contributed by atoms with Gasteiger partial charge in [-0.3, -0.25) is 0 Å². The highest BCUT2D eigenvalue weighted by Crippen LogP contribution is 2.22. The molecule has 0 aliphatic heterocycles. The second-order valence-corrected chi connectivity index (χ2v) is 5.91. The summed E-state index contributed by atoms with van der Waals surface area (Å²) >= 11 is 1.94. The number of anilines is 1. The summed E-state index contributed by atoms with van der Waals surface area (Å²) in [7, 11) is 0. The molecule has 0 bridgehead atoms. The Kier molecular flexibility index (Phi) is 5.89. The van der Waals surface area contributed by atoms with E-state index in [1.165, 1.54) is 0 Å². The Bertz CT molecular complexity index is 345. The van der Waals surface area contributed by atoms with E-state index in [0.29, 0.717) is 6.04 Å². The number of hydrogen-bond donors (Lipinski definition) is 1. The van der Waals surface area contributed by atoms with E-state index in [0.717, 1.165) is 48.1 Å². The molecule has 0 saturated heterocycles. The molecule has 2 N–H and O–H groups in total. The fraction of sp³-hybridized carbons (Fsp3) is 0.769.